The van der Waals surface area contributed by atoms with Crippen molar-refractivity contribution in [2.24, 2.45) is 0 Å². The minimum atomic E-state index is -0.391. The van der Waals surface area contributed by atoms with Gasteiger partial charge in [-0.25, -0.2) is 0 Å². The first-order valence-electron chi connectivity index (χ1n) is 4.59. The molecule has 0 bridgehead atoms. The third-order valence-electron chi connectivity index (χ3n) is 2.53. The van der Waals surface area contributed by atoms with E-state index in [4.69, 9.17) is 4.74 Å². The topological polar surface area (TPSA) is 43.4 Å². The van der Waals surface area contributed by atoms with Gasteiger partial charge in [-0.1, -0.05) is 12.1 Å². The van der Waals surface area contributed by atoms with E-state index < -0.39 is 5.43 Å². The van der Waals surface area contributed by atoms with Crippen LogP contribution in [0, 0.1) is 6.92 Å². The molecule has 2 aromatic rings. The summed E-state index contributed by atoms with van der Waals surface area (Å²) in [6, 6.07) is 7.10. The minimum absolute atomic E-state index is 0.374. The Bertz CT molecular complexity index is 557. The molecule has 2 rings (SSSR count). The van der Waals surface area contributed by atoms with Gasteiger partial charge in [-0.15, -0.1) is 0 Å². The van der Waals surface area contributed by atoms with Gasteiger partial charge in [0.25, 0.3) is 0 Å². The van der Waals surface area contributed by atoms with E-state index in [2.05, 4.69) is 0 Å². The largest absolute Gasteiger partial charge is 0.497 e. The Morgan fingerprint density at radius 2 is 1.60 bits per heavy atom. The lowest BCUT2D eigenvalue weighted by Gasteiger charge is -2.07. The highest BCUT2D eigenvalue weighted by Gasteiger charge is 2.17. The van der Waals surface area contributed by atoms with Gasteiger partial charge in [0.2, 0.25) is 10.9 Å². The van der Waals surface area contributed by atoms with Crippen LogP contribution in [0.2, 0.25) is 0 Å². The molecule has 0 aliphatic heterocycles. The molecule has 0 saturated carbocycles. The number of hydrogen-bond donors (Lipinski definition) is 0. The van der Waals surface area contributed by atoms with Gasteiger partial charge in [0.05, 0.1) is 7.11 Å². The Morgan fingerprint density at radius 3 is 2.07 bits per heavy atom. The van der Waals surface area contributed by atoms with Crippen molar-refractivity contribution in [3.05, 3.63) is 50.3 Å². The van der Waals surface area contributed by atoms with Crippen LogP contribution < -0.4 is 15.6 Å². The molecule has 0 saturated heterocycles. The summed E-state index contributed by atoms with van der Waals surface area (Å²) >= 11 is 0. The molecular weight excluding hydrogens is 192 g/mol. The minimum Gasteiger partial charge on any atom is -0.497 e. The van der Waals surface area contributed by atoms with Crippen LogP contribution in [0.25, 0.3) is 11.1 Å². The number of hydrogen-bond acceptors (Lipinski definition) is 3. The van der Waals surface area contributed by atoms with Crippen LogP contribution in [0.5, 0.6) is 5.75 Å². The predicted octanol–water partition coefficient (Wildman–Crippen LogP) is 1.27. The van der Waals surface area contributed by atoms with E-state index in [1.54, 1.807) is 38.3 Å². The zero-order valence-electron chi connectivity index (χ0n) is 8.53. The van der Waals surface area contributed by atoms with Gasteiger partial charge in [-0.3, -0.25) is 9.59 Å². The molecule has 2 aromatic carbocycles. The zero-order valence-corrected chi connectivity index (χ0v) is 8.53. The van der Waals surface area contributed by atoms with Gasteiger partial charge in [-0.2, -0.15) is 0 Å². The van der Waals surface area contributed by atoms with Crippen LogP contribution in [0.3, 0.4) is 0 Å². The summed E-state index contributed by atoms with van der Waals surface area (Å²) in [5.41, 5.74) is 1.09. The van der Waals surface area contributed by atoms with Crippen LogP contribution in [0.15, 0.2) is 33.9 Å². The Hall–Kier alpha value is -1.90. The maximum atomic E-state index is 11.3. The second-order valence-corrected chi connectivity index (χ2v) is 3.39. The Morgan fingerprint density at radius 1 is 1.00 bits per heavy atom. The van der Waals surface area contributed by atoms with Crippen LogP contribution in [-0.4, -0.2) is 7.11 Å². The van der Waals surface area contributed by atoms with E-state index in [0.29, 0.717) is 11.1 Å². The summed E-state index contributed by atoms with van der Waals surface area (Å²) in [6.45, 7) is 1.67. The summed E-state index contributed by atoms with van der Waals surface area (Å²) in [4.78, 5) is 22.3. The monoisotopic (exact) mass is 202 g/mol. The van der Waals surface area contributed by atoms with Crippen molar-refractivity contribution >= 4 is 0 Å². The van der Waals surface area contributed by atoms with Crippen LogP contribution in [-0.2, 0) is 0 Å². The number of rotatable bonds is 2. The lowest BCUT2D eigenvalue weighted by Crippen LogP contribution is -2.35. The molecule has 0 aliphatic rings. The van der Waals surface area contributed by atoms with Crippen molar-refractivity contribution in [1.82, 2.24) is 0 Å². The molecule has 3 nitrogen and oxygen atoms in total. The standard InChI is InChI=1S/C12H10O3/c1-7-10(12(14)11(7)13)8-3-5-9(15-2)6-4-8/h3-6H,1-2H3. The van der Waals surface area contributed by atoms with Crippen molar-refractivity contribution < 1.29 is 4.74 Å². The molecule has 0 spiro atoms. The second kappa shape index (κ2) is 3.35. The van der Waals surface area contributed by atoms with Crippen molar-refractivity contribution in [1.29, 1.82) is 0 Å². The highest BCUT2D eigenvalue weighted by atomic mass is 16.5. The number of methoxy groups -OCH3 is 1. The fourth-order valence-electron chi connectivity index (χ4n) is 1.61. The molecule has 0 unspecified atom stereocenters. The quantitative estimate of drug-likeness (QED) is 0.689. The Labute approximate surface area is 86.6 Å². The third-order valence-corrected chi connectivity index (χ3v) is 2.53. The normalized spacial score (nSPS) is 10.5. The maximum Gasteiger partial charge on any atom is 0.234 e. The molecule has 0 N–H and O–H groups in total. The van der Waals surface area contributed by atoms with Gasteiger partial charge in [0.15, 0.2) is 0 Å². The first kappa shape index (κ1) is 9.65. The molecule has 0 heterocycles. The lowest BCUT2D eigenvalue weighted by molar-refractivity contribution is 0.415. The van der Waals surface area contributed by atoms with Gasteiger partial charge in [0.1, 0.15) is 5.75 Å². The number of benzene rings is 1. The summed E-state index contributed by atoms with van der Waals surface area (Å²) < 4.78 is 5.01. The molecule has 0 fully saturated rings. The van der Waals surface area contributed by atoms with Crippen molar-refractivity contribution in [2.75, 3.05) is 7.11 Å². The van der Waals surface area contributed by atoms with Gasteiger partial charge < -0.3 is 4.74 Å². The van der Waals surface area contributed by atoms with Gasteiger partial charge in [0, 0.05) is 11.1 Å². The molecule has 15 heavy (non-hydrogen) atoms. The summed E-state index contributed by atoms with van der Waals surface area (Å²) in [5, 5.41) is 0. The fraction of sp³-hybridized carbons (Fsp3) is 0.167. The third kappa shape index (κ3) is 1.36. The van der Waals surface area contributed by atoms with Gasteiger partial charge in [-0.05, 0) is 24.6 Å². The van der Waals surface area contributed by atoms with E-state index in [9.17, 15) is 9.59 Å². The fourth-order valence-corrected chi connectivity index (χ4v) is 1.61. The Kier molecular flexibility index (Phi) is 2.15. The predicted molar refractivity (Wildman–Crippen MR) is 58.1 cm³/mol. The molecule has 0 aliphatic carbocycles. The molecule has 0 atom stereocenters. The van der Waals surface area contributed by atoms with Crippen LogP contribution >= 0.6 is 0 Å². The van der Waals surface area contributed by atoms with Gasteiger partial charge >= 0.3 is 0 Å². The molecule has 3 heteroatoms. The van der Waals surface area contributed by atoms with Crippen molar-refractivity contribution in [3.8, 4) is 16.9 Å². The van der Waals surface area contributed by atoms with E-state index >= 15 is 0 Å². The van der Waals surface area contributed by atoms with Crippen LogP contribution in [0.4, 0.5) is 0 Å². The van der Waals surface area contributed by atoms with E-state index in [-0.39, 0.29) is 5.43 Å². The van der Waals surface area contributed by atoms with E-state index in [0.717, 1.165) is 11.3 Å². The smallest absolute Gasteiger partial charge is 0.234 e. The maximum absolute atomic E-state index is 11.3. The molecule has 0 amide bonds. The summed E-state index contributed by atoms with van der Waals surface area (Å²) in [5.74, 6) is 0.732. The SMILES string of the molecule is COc1ccc(-c2c(C)c(=O)c2=O)cc1. The lowest BCUT2D eigenvalue weighted by atomic mass is 9.95. The highest BCUT2D eigenvalue weighted by Crippen LogP contribution is 2.21. The second-order valence-electron chi connectivity index (χ2n) is 3.39. The average molecular weight is 202 g/mol. The van der Waals surface area contributed by atoms with Crippen molar-refractivity contribution in [3.63, 3.8) is 0 Å². The first-order chi connectivity index (χ1) is 7.15. The summed E-state index contributed by atoms with van der Waals surface area (Å²) in [6.07, 6.45) is 0. The molecule has 0 aromatic heterocycles. The number of ether oxygens (including phenoxy) is 1. The zero-order chi connectivity index (χ0) is 11.0. The molecule has 76 valence electrons. The molecular formula is C12H10O3. The van der Waals surface area contributed by atoms with Crippen molar-refractivity contribution in [2.45, 2.75) is 6.92 Å². The van der Waals surface area contributed by atoms with E-state index in [1.165, 1.54) is 0 Å². The van der Waals surface area contributed by atoms with Crippen LogP contribution in [0.1, 0.15) is 5.56 Å². The van der Waals surface area contributed by atoms with E-state index in [1.807, 2.05) is 0 Å². The average Bonchev–Trinajstić information content (AvgIpc) is 2.30. The first-order valence-corrected chi connectivity index (χ1v) is 4.59. The Balaban J connectivity index is 2.48. The summed E-state index contributed by atoms with van der Waals surface area (Å²) in [7, 11) is 1.58. The highest BCUT2D eigenvalue weighted by molar-refractivity contribution is 5.70. The molecule has 0 radical (unpaired) electrons.